The Kier molecular flexibility index (Phi) is 6.86. The van der Waals surface area contributed by atoms with Gasteiger partial charge in [-0.3, -0.25) is 15.3 Å². The van der Waals surface area contributed by atoms with Gasteiger partial charge in [0.15, 0.2) is 6.23 Å². The summed E-state index contributed by atoms with van der Waals surface area (Å²) < 4.78 is 10.4. The third-order valence-electron chi connectivity index (χ3n) is 6.44. The largest absolute Gasteiger partial charge is 0.496 e. The van der Waals surface area contributed by atoms with Crippen LogP contribution in [0.4, 0.5) is 5.69 Å². The number of nitrogen functional groups attached to an aromatic ring is 1. The first-order valence-electron chi connectivity index (χ1n) is 11.4. The minimum absolute atomic E-state index is 0.0882. The zero-order chi connectivity index (χ0) is 25.2. The van der Waals surface area contributed by atoms with Crippen LogP contribution in [0.15, 0.2) is 76.5 Å². The van der Waals surface area contributed by atoms with Crippen molar-refractivity contribution in [1.29, 1.82) is 0 Å². The molecule has 1 amide bonds. The lowest BCUT2D eigenvalue weighted by Gasteiger charge is -2.38. The highest BCUT2D eigenvalue weighted by Crippen LogP contribution is 2.43. The van der Waals surface area contributed by atoms with Crippen LogP contribution in [0.2, 0.25) is 13.1 Å². The SMILES string of the molecule is COc1ccccc1C1=C2C=CC(=NC(=O)CC[C@H](N)OC=O)C=C2[Si](C)(C)c2cc(N)ccc21. The molecule has 0 aromatic heterocycles. The molecule has 2 aromatic carbocycles. The fourth-order valence-electron chi connectivity index (χ4n) is 4.67. The summed E-state index contributed by atoms with van der Waals surface area (Å²) >= 11 is 0. The van der Waals surface area contributed by atoms with Crippen LogP contribution < -0.4 is 21.4 Å². The first kappa shape index (κ1) is 24.4. The van der Waals surface area contributed by atoms with Crippen LogP contribution in [-0.4, -0.2) is 39.5 Å². The molecule has 0 radical (unpaired) electrons. The fourth-order valence-corrected chi connectivity index (χ4v) is 7.76. The molecule has 0 fully saturated rings. The van der Waals surface area contributed by atoms with Gasteiger partial charge in [-0.2, -0.15) is 0 Å². The Morgan fingerprint density at radius 3 is 2.66 bits per heavy atom. The highest BCUT2D eigenvalue weighted by molar-refractivity contribution is 6.98. The second-order valence-corrected chi connectivity index (χ2v) is 13.4. The lowest BCUT2D eigenvalue weighted by atomic mass is 9.89. The van der Waals surface area contributed by atoms with Gasteiger partial charge in [-0.05, 0) is 57.4 Å². The predicted octanol–water partition coefficient (Wildman–Crippen LogP) is 3.25. The third-order valence-corrected chi connectivity index (χ3v) is 9.96. The molecule has 0 saturated heterocycles. The highest BCUT2D eigenvalue weighted by atomic mass is 28.3. The van der Waals surface area contributed by atoms with Gasteiger partial charge in [0.05, 0.1) is 12.8 Å². The number of hydrogen-bond donors (Lipinski definition) is 2. The molecule has 4 N–H and O–H groups in total. The van der Waals surface area contributed by atoms with Crippen molar-refractivity contribution in [2.45, 2.75) is 32.2 Å². The van der Waals surface area contributed by atoms with Gasteiger partial charge in [-0.25, -0.2) is 4.99 Å². The van der Waals surface area contributed by atoms with Gasteiger partial charge >= 0.3 is 0 Å². The van der Waals surface area contributed by atoms with Crippen LogP contribution in [-0.2, 0) is 14.3 Å². The molecule has 0 bridgehead atoms. The van der Waals surface area contributed by atoms with Crippen molar-refractivity contribution in [2.24, 2.45) is 10.7 Å². The van der Waals surface area contributed by atoms with Gasteiger partial charge in [0, 0.05) is 24.1 Å². The van der Waals surface area contributed by atoms with E-state index in [1.54, 1.807) is 7.11 Å². The minimum atomic E-state index is -2.19. The van der Waals surface area contributed by atoms with Crippen molar-refractivity contribution in [2.75, 3.05) is 12.8 Å². The van der Waals surface area contributed by atoms with E-state index in [-0.39, 0.29) is 25.2 Å². The number of methoxy groups -OCH3 is 1. The number of allylic oxidation sites excluding steroid dienone is 5. The number of anilines is 1. The number of carbonyl (C=O) groups is 2. The van der Waals surface area contributed by atoms with E-state index in [0.717, 1.165) is 33.7 Å². The molecule has 8 heteroatoms. The van der Waals surface area contributed by atoms with E-state index in [1.807, 2.05) is 42.5 Å². The summed E-state index contributed by atoms with van der Waals surface area (Å²) in [6, 6.07) is 14.1. The van der Waals surface area contributed by atoms with Gasteiger partial charge in [0.25, 0.3) is 6.47 Å². The number of fused-ring (bicyclic) bond motifs is 2. The number of aliphatic imine (C=N–C) groups is 1. The number of hydrogen-bond acceptors (Lipinski definition) is 6. The van der Waals surface area contributed by atoms with Crippen molar-refractivity contribution >= 4 is 42.6 Å². The molecule has 2 aliphatic rings. The maximum atomic E-state index is 12.5. The quantitative estimate of drug-likeness (QED) is 0.268. The standard InChI is InChI=1S/C27H29N3O4Si/c1-33-22-7-5-4-6-19(22)27-20-10-8-17(28)14-23(20)35(2,3)24-15-18(9-11-21(24)27)30-26(32)13-12-25(29)34-16-31/h4-11,14-16,25H,12-13,28-29H2,1-3H3/t25-/m1/s1. The molecule has 0 spiro atoms. The Hall–Kier alpha value is -3.75. The Labute approximate surface area is 205 Å². The summed E-state index contributed by atoms with van der Waals surface area (Å²) in [4.78, 5) is 27.2. The van der Waals surface area contributed by atoms with E-state index in [0.29, 0.717) is 5.71 Å². The number of nitrogens with two attached hydrogens (primary N) is 2. The Balaban J connectivity index is 1.83. The number of amides is 1. The average Bonchev–Trinajstić information content (AvgIpc) is 2.84. The average molecular weight is 488 g/mol. The zero-order valence-electron chi connectivity index (χ0n) is 20.1. The fraction of sp³-hybridized carbons (Fsp3) is 0.222. The summed E-state index contributed by atoms with van der Waals surface area (Å²) in [6.07, 6.45) is 5.40. The summed E-state index contributed by atoms with van der Waals surface area (Å²) in [5, 5.41) is 2.40. The van der Waals surface area contributed by atoms with E-state index in [1.165, 1.54) is 10.4 Å². The molecule has 2 aromatic rings. The van der Waals surface area contributed by atoms with Gasteiger partial charge in [0.2, 0.25) is 5.91 Å². The summed E-state index contributed by atoms with van der Waals surface area (Å²) in [6.45, 7) is 4.85. The third kappa shape index (κ3) is 4.75. The molecule has 0 unspecified atom stereocenters. The normalized spacial score (nSPS) is 17.8. The van der Waals surface area contributed by atoms with E-state index in [9.17, 15) is 9.59 Å². The molecule has 0 saturated carbocycles. The van der Waals surface area contributed by atoms with Gasteiger partial charge in [-0.1, -0.05) is 43.4 Å². The van der Waals surface area contributed by atoms with E-state index < -0.39 is 14.3 Å². The number of benzene rings is 2. The van der Waals surface area contributed by atoms with Crippen molar-refractivity contribution in [1.82, 2.24) is 0 Å². The second kappa shape index (κ2) is 9.85. The van der Waals surface area contributed by atoms with Crippen LogP contribution in [0.3, 0.4) is 0 Å². The number of ether oxygens (including phenoxy) is 2. The Bertz CT molecular complexity index is 1310. The summed E-state index contributed by atoms with van der Waals surface area (Å²) in [5.41, 5.74) is 17.5. The lowest BCUT2D eigenvalue weighted by Crippen LogP contribution is -2.49. The molecular formula is C27H29N3O4Si. The maximum Gasteiger partial charge on any atom is 0.294 e. The van der Waals surface area contributed by atoms with E-state index in [2.05, 4.69) is 41.0 Å². The van der Waals surface area contributed by atoms with Gasteiger partial charge in [-0.15, -0.1) is 0 Å². The van der Waals surface area contributed by atoms with Crippen LogP contribution in [0, 0.1) is 0 Å². The summed E-state index contributed by atoms with van der Waals surface area (Å²) in [5.74, 6) is 0.471. The molecule has 1 aliphatic heterocycles. The highest BCUT2D eigenvalue weighted by Gasteiger charge is 2.40. The maximum absolute atomic E-state index is 12.5. The Morgan fingerprint density at radius 1 is 1.14 bits per heavy atom. The van der Waals surface area contributed by atoms with Gasteiger partial charge in [0.1, 0.15) is 13.8 Å². The van der Waals surface area contributed by atoms with Crippen molar-refractivity contribution < 1.29 is 19.1 Å². The predicted molar refractivity (Wildman–Crippen MR) is 141 cm³/mol. The lowest BCUT2D eigenvalue weighted by molar-refractivity contribution is -0.134. The van der Waals surface area contributed by atoms with E-state index in [4.69, 9.17) is 16.2 Å². The molecule has 35 heavy (non-hydrogen) atoms. The molecule has 4 rings (SSSR count). The van der Waals surface area contributed by atoms with Crippen LogP contribution in [0.25, 0.3) is 5.57 Å². The first-order chi connectivity index (χ1) is 16.8. The number of rotatable bonds is 7. The topological polar surface area (TPSA) is 117 Å². The second-order valence-electron chi connectivity index (χ2n) is 9.05. The molecule has 7 nitrogen and oxygen atoms in total. The number of nitrogens with zero attached hydrogens (tertiary/aromatic N) is 1. The van der Waals surface area contributed by atoms with Crippen LogP contribution >= 0.6 is 0 Å². The Morgan fingerprint density at radius 2 is 1.91 bits per heavy atom. The number of carbonyl (C=O) groups excluding carboxylic acids is 2. The van der Waals surface area contributed by atoms with E-state index >= 15 is 0 Å². The molecule has 180 valence electrons. The minimum Gasteiger partial charge on any atom is -0.496 e. The van der Waals surface area contributed by atoms with Crippen LogP contribution in [0.1, 0.15) is 24.0 Å². The first-order valence-corrected chi connectivity index (χ1v) is 14.4. The van der Waals surface area contributed by atoms with Crippen molar-refractivity contribution in [3.8, 4) is 5.75 Å². The zero-order valence-corrected chi connectivity index (χ0v) is 21.1. The van der Waals surface area contributed by atoms with Crippen LogP contribution in [0.5, 0.6) is 5.75 Å². The summed E-state index contributed by atoms with van der Waals surface area (Å²) in [7, 11) is -0.515. The smallest absolute Gasteiger partial charge is 0.294 e. The molecular weight excluding hydrogens is 458 g/mol. The van der Waals surface area contributed by atoms with Gasteiger partial charge < -0.3 is 15.2 Å². The molecule has 1 heterocycles. The van der Waals surface area contributed by atoms with Crippen molar-refractivity contribution in [3.05, 3.63) is 82.6 Å². The monoisotopic (exact) mass is 487 g/mol. The number of para-hydroxylation sites is 1. The molecule has 1 aliphatic carbocycles. The molecule has 1 atom stereocenters. The van der Waals surface area contributed by atoms with Crippen molar-refractivity contribution in [3.63, 3.8) is 0 Å².